The van der Waals surface area contributed by atoms with Gasteiger partial charge in [-0.05, 0) is 69.0 Å². The van der Waals surface area contributed by atoms with E-state index in [0.717, 1.165) is 23.1 Å². The van der Waals surface area contributed by atoms with E-state index in [9.17, 15) is 10.1 Å². The third-order valence-corrected chi connectivity index (χ3v) is 5.77. The van der Waals surface area contributed by atoms with Crippen molar-refractivity contribution in [1.82, 2.24) is 15.0 Å². The number of rotatable bonds is 5. The van der Waals surface area contributed by atoms with Crippen LogP contribution in [-0.2, 0) is 17.8 Å². The van der Waals surface area contributed by atoms with Crippen molar-refractivity contribution in [2.45, 2.75) is 52.8 Å². The predicted molar refractivity (Wildman–Crippen MR) is 130 cm³/mol. The van der Waals surface area contributed by atoms with Crippen molar-refractivity contribution in [2.24, 2.45) is 5.73 Å². The van der Waals surface area contributed by atoms with E-state index in [1.165, 1.54) is 5.56 Å². The molecule has 0 saturated heterocycles. The maximum absolute atomic E-state index is 12.3. The van der Waals surface area contributed by atoms with Crippen molar-refractivity contribution in [1.29, 1.82) is 5.26 Å². The van der Waals surface area contributed by atoms with Crippen LogP contribution in [0.15, 0.2) is 34.9 Å². The van der Waals surface area contributed by atoms with E-state index in [1.807, 2.05) is 32.9 Å². The quantitative estimate of drug-likeness (QED) is 0.584. The first-order valence-corrected chi connectivity index (χ1v) is 11.0. The number of fused-ring (bicyclic) bond motifs is 1. The van der Waals surface area contributed by atoms with Gasteiger partial charge in [0.2, 0.25) is 11.7 Å². The summed E-state index contributed by atoms with van der Waals surface area (Å²) in [5.74, 6) is 1.31. The Hall–Kier alpha value is -3.41. The Morgan fingerprint density at radius 3 is 2.71 bits per heavy atom. The number of benzene rings is 2. The van der Waals surface area contributed by atoms with Crippen molar-refractivity contribution < 1.29 is 14.1 Å². The fraction of sp³-hybridized carbons (Fsp3) is 0.360. The number of hydrogen-bond donors (Lipinski definition) is 1. The van der Waals surface area contributed by atoms with Crippen LogP contribution in [0.5, 0.6) is 5.75 Å². The molecule has 1 aliphatic heterocycles. The van der Waals surface area contributed by atoms with Gasteiger partial charge in [0, 0.05) is 24.2 Å². The van der Waals surface area contributed by atoms with Gasteiger partial charge in [0.15, 0.2) is 0 Å². The summed E-state index contributed by atoms with van der Waals surface area (Å²) in [6.45, 7) is 8.76. The molecule has 0 fully saturated rings. The van der Waals surface area contributed by atoms with Gasteiger partial charge in [-0.15, -0.1) is 12.4 Å². The highest BCUT2D eigenvalue weighted by Crippen LogP contribution is 2.32. The lowest BCUT2D eigenvalue weighted by molar-refractivity contribution is -0.133. The maximum Gasteiger partial charge on any atom is 0.258 e. The number of nitrogens with two attached hydrogens (primary N) is 1. The van der Waals surface area contributed by atoms with Gasteiger partial charge in [-0.3, -0.25) is 4.79 Å². The van der Waals surface area contributed by atoms with Crippen LogP contribution in [0.4, 0.5) is 0 Å². The molecule has 9 heteroatoms. The first-order valence-electron chi connectivity index (χ1n) is 11.0. The number of hydrogen-bond acceptors (Lipinski definition) is 7. The van der Waals surface area contributed by atoms with E-state index < -0.39 is 6.04 Å². The molecule has 0 spiro atoms. The van der Waals surface area contributed by atoms with Crippen LogP contribution in [0, 0.1) is 18.3 Å². The molecule has 2 aromatic carbocycles. The van der Waals surface area contributed by atoms with Gasteiger partial charge in [0.05, 0.1) is 17.7 Å². The SMILES string of the molecule is Cc1c(-c2noc(-c3ccc(OC(C)C)c(C#N)c3)n2)ccc2c1CCN(C(=O)[C@H](C)N)C2.Cl. The molecule has 4 rings (SSSR count). The van der Waals surface area contributed by atoms with Crippen LogP contribution in [0.2, 0.25) is 0 Å². The minimum atomic E-state index is -0.503. The topological polar surface area (TPSA) is 118 Å². The van der Waals surface area contributed by atoms with Gasteiger partial charge in [0.1, 0.15) is 11.8 Å². The molecule has 0 saturated carbocycles. The third kappa shape index (κ3) is 4.91. The van der Waals surface area contributed by atoms with Crippen LogP contribution < -0.4 is 10.5 Å². The van der Waals surface area contributed by atoms with E-state index in [4.69, 9.17) is 15.0 Å². The molecule has 0 bridgehead atoms. The number of aromatic nitrogens is 2. The normalized spacial score (nSPS) is 13.6. The lowest BCUT2D eigenvalue weighted by Crippen LogP contribution is -2.44. The van der Waals surface area contributed by atoms with Crippen molar-refractivity contribution in [3.8, 4) is 34.7 Å². The molecule has 1 aromatic heterocycles. The Bertz CT molecular complexity index is 1250. The summed E-state index contributed by atoms with van der Waals surface area (Å²) in [5, 5.41) is 13.7. The Morgan fingerprint density at radius 1 is 1.26 bits per heavy atom. The summed E-state index contributed by atoms with van der Waals surface area (Å²) in [7, 11) is 0. The number of halogens is 1. The molecule has 2 N–H and O–H groups in total. The van der Waals surface area contributed by atoms with Gasteiger partial charge in [0.25, 0.3) is 5.89 Å². The molecule has 2 heterocycles. The number of carbonyl (C=O) groups excluding carboxylic acids is 1. The zero-order valence-corrected chi connectivity index (χ0v) is 20.5. The van der Waals surface area contributed by atoms with E-state index in [0.29, 0.717) is 41.7 Å². The van der Waals surface area contributed by atoms with Crippen LogP contribution in [0.3, 0.4) is 0 Å². The molecule has 178 valence electrons. The Kier molecular flexibility index (Phi) is 7.60. The van der Waals surface area contributed by atoms with Crippen molar-refractivity contribution >= 4 is 18.3 Å². The highest BCUT2D eigenvalue weighted by Gasteiger charge is 2.25. The lowest BCUT2D eigenvalue weighted by atomic mass is 9.91. The first kappa shape index (κ1) is 25.2. The van der Waals surface area contributed by atoms with Gasteiger partial charge >= 0.3 is 0 Å². The lowest BCUT2D eigenvalue weighted by Gasteiger charge is -2.31. The smallest absolute Gasteiger partial charge is 0.258 e. The molecular weight excluding hydrogens is 454 g/mol. The molecule has 0 radical (unpaired) electrons. The Morgan fingerprint density at radius 2 is 2.03 bits per heavy atom. The second-order valence-electron chi connectivity index (χ2n) is 8.59. The maximum atomic E-state index is 12.3. The largest absolute Gasteiger partial charge is 0.490 e. The standard InChI is InChI=1S/C25H27N5O3.ClH/c1-14(2)32-22-8-6-17(11-19(22)12-26)24-28-23(29-33-24)21-7-5-18-13-30(25(31)16(4)27)10-9-20(18)15(21)3;/h5-8,11,14,16H,9-10,13,27H2,1-4H3;1H/t16-;/m0./s1. The molecule has 1 atom stereocenters. The monoisotopic (exact) mass is 481 g/mol. The zero-order chi connectivity index (χ0) is 23.7. The summed E-state index contributed by atoms with van der Waals surface area (Å²) in [6, 6.07) is 10.9. The molecule has 34 heavy (non-hydrogen) atoms. The predicted octanol–water partition coefficient (Wildman–Crippen LogP) is 4.02. The molecule has 0 unspecified atom stereocenters. The first-order chi connectivity index (χ1) is 15.8. The van der Waals surface area contributed by atoms with Gasteiger partial charge < -0.3 is 19.9 Å². The molecule has 1 aliphatic rings. The Balaban J connectivity index is 0.00000324. The van der Waals surface area contributed by atoms with E-state index in [1.54, 1.807) is 30.0 Å². The average Bonchev–Trinajstić information content (AvgIpc) is 3.28. The second kappa shape index (κ2) is 10.2. The third-order valence-electron chi connectivity index (χ3n) is 5.77. The van der Waals surface area contributed by atoms with Crippen molar-refractivity contribution in [3.05, 3.63) is 52.6 Å². The van der Waals surface area contributed by atoms with Crippen molar-refractivity contribution in [3.63, 3.8) is 0 Å². The minimum Gasteiger partial charge on any atom is -0.490 e. The van der Waals surface area contributed by atoms with Crippen molar-refractivity contribution in [2.75, 3.05) is 6.54 Å². The number of carbonyl (C=O) groups is 1. The molecule has 3 aromatic rings. The van der Waals surface area contributed by atoms with Crippen LogP contribution in [0.1, 0.15) is 43.0 Å². The molecule has 0 aliphatic carbocycles. The number of nitriles is 1. The Labute approximate surface area is 205 Å². The number of amides is 1. The van der Waals surface area contributed by atoms with Gasteiger partial charge in [-0.1, -0.05) is 17.3 Å². The van der Waals surface area contributed by atoms with E-state index in [2.05, 4.69) is 16.2 Å². The zero-order valence-electron chi connectivity index (χ0n) is 19.7. The summed E-state index contributed by atoms with van der Waals surface area (Å²) in [6.07, 6.45) is 0.718. The van der Waals surface area contributed by atoms with Gasteiger partial charge in [-0.2, -0.15) is 10.2 Å². The summed E-state index contributed by atoms with van der Waals surface area (Å²) >= 11 is 0. The van der Waals surface area contributed by atoms with E-state index >= 15 is 0 Å². The summed E-state index contributed by atoms with van der Waals surface area (Å²) in [4.78, 5) is 18.7. The van der Waals surface area contributed by atoms with Crippen LogP contribution in [0.25, 0.3) is 22.8 Å². The minimum absolute atomic E-state index is 0. The fourth-order valence-electron chi connectivity index (χ4n) is 4.12. The molecular formula is C25H28ClN5O3. The molecule has 8 nitrogen and oxygen atoms in total. The highest BCUT2D eigenvalue weighted by molar-refractivity contribution is 5.85. The average molecular weight is 482 g/mol. The summed E-state index contributed by atoms with van der Waals surface area (Å²) in [5.41, 5.74) is 11.1. The fourth-order valence-corrected chi connectivity index (χ4v) is 4.12. The number of nitrogens with zero attached hydrogens (tertiary/aromatic N) is 4. The van der Waals surface area contributed by atoms with Gasteiger partial charge in [-0.25, -0.2) is 0 Å². The molecule has 1 amide bonds. The van der Waals surface area contributed by atoms with E-state index in [-0.39, 0.29) is 24.4 Å². The summed E-state index contributed by atoms with van der Waals surface area (Å²) < 4.78 is 11.2. The highest BCUT2D eigenvalue weighted by atomic mass is 35.5. The van der Waals surface area contributed by atoms with Crippen LogP contribution in [-0.4, -0.2) is 39.6 Å². The number of ether oxygens (including phenoxy) is 1. The second-order valence-corrected chi connectivity index (χ2v) is 8.59. The van der Waals surface area contributed by atoms with Crippen LogP contribution >= 0.6 is 12.4 Å².